The van der Waals surface area contributed by atoms with Gasteiger partial charge >= 0.3 is 11.9 Å². The Bertz CT molecular complexity index is 717. The molecule has 2 rings (SSSR count). The second-order valence-electron chi connectivity index (χ2n) is 7.44. The molecule has 0 heterocycles. The third kappa shape index (κ3) is 5.73. The molecule has 0 spiro atoms. The fraction of sp³-hybridized carbons (Fsp3) is 0.364. The summed E-state index contributed by atoms with van der Waals surface area (Å²) >= 11 is 0. The van der Waals surface area contributed by atoms with E-state index in [-0.39, 0.29) is 29.6 Å². The number of hydrogen-bond donors (Lipinski definition) is 0. The molecule has 0 fully saturated rings. The van der Waals surface area contributed by atoms with Crippen molar-refractivity contribution in [3.63, 3.8) is 0 Å². The first-order valence-electron chi connectivity index (χ1n) is 8.79. The van der Waals surface area contributed by atoms with E-state index in [1.54, 1.807) is 48.5 Å². The first-order valence-corrected chi connectivity index (χ1v) is 8.79. The van der Waals surface area contributed by atoms with Crippen molar-refractivity contribution >= 4 is 11.9 Å². The highest BCUT2D eigenvalue weighted by atomic mass is 16.6. The average Bonchev–Trinajstić information content (AvgIpc) is 2.61. The van der Waals surface area contributed by atoms with Crippen LogP contribution in [0.25, 0.3) is 0 Å². The minimum absolute atomic E-state index is 0.280. The number of ether oxygens (including phenoxy) is 2. The minimum Gasteiger partial charge on any atom is -0.459 e. The lowest BCUT2D eigenvalue weighted by molar-refractivity contribution is -0.0281. The van der Waals surface area contributed by atoms with Gasteiger partial charge in [0.25, 0.3) is 0 Å². The molecular weight excluding hydrogens is 328 g/mol. The molecular formula is C22H26O4. The van der Waals surface area contributed by atoms with Crippen LogP contribution in [0.2, 0.25) is 0 Å². The van der Waals surface area contributed by atoms with Crippen LogP contribution in [0.5, 0.6) is 0 Å². The highest BCUT2D eigenvalue weighted by Crippen LogP contribution is 2.28. The van der Waals surface area contributed by atoms with Crippen LogP contribution in [0.4, 0.5) is 0 Å². The van der Waals surface area contributed by atoms with E-state index in [9.17, 15) is 9.59 Å². The third-order valence-electron chi connectivity index (χ3n) is 4.09. The normalized spacial score (nSPS) is 13.5. The summed E-state index contributed by atoms with van der Waals surface area (Å²) in [6, 6.07) is 17.8. The van der Waals surface area contributed by atoms with E-state index >= 15 is 0 Å². The van der Waals surface area contributed by atoms with Gasteiger partial charge in [-0.25, -0.2) is 9.59 Å². The molecule has 0 N–H and O–H groups in total. The lowest BCUT2D eigenvalue weighted by Gasteiger charge is -2.32. The summed E-state index contributed by atoms with van der Waals surface area (Å²) in [5, 5.41) is 0. The van der Waals surface area contributed by atoms with Crippen molar-refractivity contribution in [2.75, 3.05) is 0 Å². The minimum atomic E-state index is -0.381. The van der Waals surface area contributed by atoms with E-state index in [1.165, 1.54) is 0 Å². The zero-order valence-electron chi connectivity index (χ0n) is 15.8. The predicted octanol–water partition coefficient (Wildman–Crippen LogP) is 4.89. The molecule has 138 valence electrons. The molecule has 2 unspecified atom stereocenters. The van der Waals surface area contributed by atoms with Crippen molar-refractivity contribution in [2.45, 2.75) is 46.3 Å². The maximum atomic E-state index is 12.4. The van der Waals surface area contributed by atoms with Crippen LogP contribution in [0.1, 0.15) is 54.8 Å². The maximum Gasteiger partial charge on any atom is 0.338 e. The van der Waals surface area contributed by atoms with Crippen molar-refractivity contribution in [2.24, 2.45) is 5.41 Å². The molecule has 0 saturated carbocycles. The fourth-order valence-corrected chi connectivity index (χ4v) is 2.52. The molecule has 0 amide bonds. The van der Waals surface area contributed by atoms with Crippen molar-refractivity contribution in [3.05, 3.63) is 71.8 Å². The quantitative estimate of drug-likeness (QED) is 0.693. The maximum absolute atomic E-state index is 12.4. The Hall–Kier alpha value is -2.62. The first kappa shape index (κ1) is 19.7. The zero-order valence-corrected chi connectivity index (χ0v) is 15.8. The third-order valence-corrected chi connectivity index (χ3v) is 4.09. The fourth-order valence-electron chi connectivity index (χ4n) is 2.52. The van der Waals surface area contributed by atoms with E-state index in [4.69, 9.17) is 9.47 Å². The van der Waals surface area contributed by atoms with Gasteiger partial charge in [-0.05, 0) is 36.6 Å². The molecule has 2 atom stereocenters. The lowest BCUT2D eigenvalue weighted by atomic mass is 9.85. The lowest BCUT2D eigenvalue weighted by Crippen LogP contribution is -2.35. The van der Waals surface area contributed by atoms with Crippen LogP contribution >= 0.6 is 0 Å². The molecule has 4 heteroatoms. The highest BCUT2D eigenvalue weighted by Gasteiger charge is 2.31. The number of carbonyl (C=O) groups is 2. The van der Waals surface area contributed by atoms with E-state index in [0.717, 1.165) is 0 Å². The van der Waals surface area contributed by atoms with Crippen LogP contribution in [-0.2, 0) is 9.47 Å². The average molecular weight is 354 g/mol. The summed E-state index contributed by atoms with van der Waals surface area (Å²) in [4.78, 5) is 24.6. The highest BCUT2D eigenvalue weighted by molar-refractivity contribution is 5.90. The summed E-state index contributed by atoms with van der Waals surface area (Å²) in [5.41, 5.74) is 0.737. The van der Waals surface area contributed by atoms with Crippen molar-refractivity contribution < 1.29 is 19.1 Å². The number of rotatable bonds is 6. The number of esters is 2. The molecule has 0 radical (unpaired) electrons. The summed E-state index contributed by atoms with van der Waals surface area (Å²) < 4.78 is 11.2. The Morgan fingerprint density at radius 1 is 0.808 bits per heavy atom. The molecule has 0 aliphatic rings. The Kier molecular flexibility index (Phi) is 6.56. The standard InChI is InChI=1S/C22H26O4/c1-16(25-20(23)17-11-7-5-8-12-17)15-19(22(2,3)4)26-21(24)18-13-9-6-10-14-18/h5-14,16,19H,15H2,1-4H3. The summed E-state index contributed by atoms with van der Waals surface area (Å²) in [5.74, 6) is -0.743. The molecule has 0 aliphatic heterocycles. The summed E-state index contributed by atoms with van der Waals surface area (Å²) in [7, 11) is 0. The van der Waals surface area contributed by atoms with Crippen molar-refractivity contribution in [1.82, 2.24) is 0 Å². The largest absolute Gasteiger partial charge is 0.459 e. The first-order chi connectivity index (χ1) is 12.3. The van der Waals surface area contributed by atoms with Crippen LogP contribution in [-0.4, -0.2) is 24.1 Å². The molecule has 0 saturated heterocycles. The number of hydrogen-bond acceptors (Lipinski definition) is 4. The van der Waals surface area contributed by atoms with E-state index in [1.807, 2.05) is 39.8 Å². The summed E-state index contributed by atoms with van der Waals surface area (Å²) in [6.45, 7) is 7.82. The van der Waals surface area contributed by atoms with Gasteiger partial charge in [-0.2, -0.15) is 0 Å². The Balaban J connectivity index is 2.01. The van der Waals surface area contributed by atoms with E-state index in [0.29, 0.717) is 17.5 Å². The predicted molar refractivity (Wildman–Crippen MR) is 101 cm³/mol. The molecule has 2 aromatic carbocycles. The smallest absolute Gasteiger partial charge is 0.338 e. The number of carbonyl (C=O) groups excluding carboxylic acids is 2. The Labute approximate surface area is 155 Å². The Morgan fingerprint density at radius 2 is 1.23 bits per heavy atom. The topological polar surface area (TPSA) is 52.6 Å². The van der Waals surface area contributed by atoms with Crippen LogP contribution in [0.15, 0.2) is 60.7 Å². The molecule has 26 heavy (non-hydrogen) atoms. The molecule has 2 aromatic rings. The van der Waals surface area contributed by atoms with Crippen LogP contribution in [0, 0.1) is 5.41 Å². The molecule has 0 aromatic heterocycles. The van der Waals surface area contributed by atoms with Gasteiger partial charge in [-0.1, -0.05) is 57.2 Å². The van der Waals surface area contributed by atoms with E-state index < -0.39 is 0 Å². The van der Waals surface area contributed by atoms with Gasteiger partial charge in [0.2, 0.25) is 0 Å². The summed E-state index contributed by atoms with van der Waals surface area (Å²) in [6.07, 6.45) is -0.329. The molecule has 4 nitrogen and oxygen atoms in total. The van der Waals surface area contributed by atoms with E-state index in [2.05, 4.69) is 0 Å². The van der Waals surface area contributed by atoms with Gasteiger partial charge in [0.15, 0.2) is 0 Å². The second-order valence-corrected chi connectivity index (χ2v) is 7.44. The van der Waals surface area contributed by atoms with Crippen LogP contribution < -0.4 is 0 Å². The van der Waals surface area contributed by atoms with Gasteiger partial charge in [-0.15, -0.1) is 0 Å². The number of benzene rings is 2. The zero-order chi connectivity index (χ0) is 19.2. The van der Waals surface area contributed by atoms with Crippen molar-refractivity contribution in [1.29, 1.82) is 0 Å². The SMILES string of the molecule is CC(CC(OC(=O)c1ccccc1)C(C)(C)C)OC(=O)c1ccccc1. The monoisotopic (exact) mass is 354 g/mol. The van der Waals surface area contributed by atoms with Gasteiger partial charge in [-0.3, -0.25) is 0 Å². The second kappa shape index (κ2) is 8.65. The Morgan fingerprint density at radius 3 is 1.65 bits per heavy atom. The van der Waals surface area contributed by atoms with Crippen LogP contribution in [0.3, 0.4) is 0 Å². The van der Waals surface area contributed by atoms with Crippen molar-refractivity contribution in [3.8, 4) is 0 Å². The van der Waals surface area contributed by atoms with Gasteiger partial charge in [0.1, 0.15) is 12.2 Å². The molecule has 0 bridgehead atoms. The van der Waals surface area contributed by atoms with Gasteiger partial charge in [0.05, 0.1) is 11.1 Å². The van der Waals surface area contributed by atoms with Gasteiger partial charge in [0, 0.05) is 6.42 Å². The van der Waals surface area contributed by atoms with Gasteiger partial charge < -0.3 is 9.47 Å². The molecule has 0 aliphatic carbocycles.